The van der Waals surface area contributed by atoms with Crippen molar-refractivity contribution < 1.29 is 10.2 Å². The molecule has 0 bridgehead atoms. The molecule has 4 aliphatic rings. The zero-order valence-corrected chi connectivity index (χ0v) is 13.9. The van der Waals surface area contributed by atoms with Crippen molar-refractivity contribution in [3.63, 3.8) is 0 Å². The maximum Gasteiger partial charge on any atom is 0.0580 e. The van der Waals surface area contributed by atoms with Gasteiger partial charge in [-0.3, -0.25) is 0 Å². The van der Waals surface area contributed by atoms with Gasteiger partial charge in [-0.1, -0.05) is 30.2 Å². The second kappa shape index (κ2) is 5.21. The molecule has 0 spiro atoms. The molecule has 0 amide bonds. The van der Waals surface area contributed by atoms with Crippen LogP contribution in [-0.2, 0) is 0 Å². The SMILES string of the molecule is C=C1CC[C@H]2[C@@H]3C[C@H](CO)C4=C(CCC(O)C4)[C@H]3CC[C@]12C. The standard InChI is InChI=1S/C20H30O2/c1-12-3-6-19-18-9-13(11-21)17-10-14(22)4-5-15(17)16(18)7-8-20(12,19)2/h13-14,16,18-19,21-22H,1,3-11H2,2H3/t13-,14?,16-,18-,19+,20-/m1/s1. The van der Waals surface area contributed by atoms with Crippen molar-refractivity contribution in [2.75, 3.05) is 6.61 Å². The van der Waals surface area contributed by atoms with Crippen LogP contribution >= 0.6 is 0 Å². The molecular weight excluding hydrogens is 272 g/mol. The zero-order valence-electron chi connectivity index (χ0n) is 13.9. The Morgan fingerprint density at radius 3 is 2.77 bits per heavy atom. The van der Waals surface area contributed by atoms with Crippen LogP contribution in [0.15, 0.2) is 23.3 Å². The van der Waals surface area contributed by atoms with E-state index in [0.717, 1.165) is 43.4 Å². The van der Waals surface area contributed by atoms with Gasteiger partial charge < -0.3 is 10.2 Å². The lowest BCUT2D eigenvalue weighted by Gasteiger charge is -2.52. The van der Waals surface area contributed by atoms with E-state index in [0.29, 0.717) is 11.3 Å². The summed E-state index contributed by atoms with van der Waals surface area (Å²) in [7, 11) is 0. The van der Waals surface area contributed by atoms with Gasteiger partial charge in [-0.2, -0.15) is 0 Å². The molecule has 2 N–H and O–H groups in total. The van der Waals surface area contributed by atoms with Crippen molar-refractivity contribution in [3.8, 4) is 0 Å². The monoisotopic (exact) mass is 302 g/mol. The molecule has 122 valence electrons. The maximum absolute atomic E-state index is 10.1. The normalized spacial score (nSPS) is 48.0. The lowest BCUT2D eigenvalue weighted by atomic mass is 9.52. The summed E-state index contributed by atoms with van der Waals surface area (Å²) in [4.78, 5) is 0. The van der Waals surface area contributed by atoms with Crippen LogP contribution < -0.4 is 0 Å². The van der Waals surface area contributed by atoms with Crippen LogP contribution in [0.2, 0.25) is 0 Å². The van der Waals surface area contributed by atoms with E-state index in [1.54, 1.807) is 5.57 Å². The Labute approximate surface area is 134 Å². The van der Waals surface area contributed by atoms with Crippen LogP contribution in [0.25, 0.3) is 0 Å². The van der Waals surface area contributed by atoms with Crippen molar-refractivity contribution in [1.29, 1.82) is 0 Å². The van der Waals surface area contributed by atoms with Gasteiger partial charge >= 0.3 is 0 Å². The summed E-state index contributed by atoms with van der Waals surface area (Å²) in [5.74, 6) is 2.55. The Morgan fingerprint density at radius 1 is 1.18 bits per heavy atom. The predicted octanol–water partition coefficient (Wildman–Crippen LogP) is 3.84. The van der Waals surface area contributed by atoms with Gasteiger partial charge in [0.15, 0.2) is 0 Å². The van der Waals surface area contributed by atoms with Crippen LogP contribution in [0.3, 0.4) is 0 Å². The number of aliphatic hydroxyl groups is 2. The minimum Gasteiger partial charge on any atom is -0.396 e. The lowest BCUT2D eigenvalue weighted by Crippen LogP contribution is -2.44. The summed E-state index contributed by atoms with van der Waals surface area (Å²) >= 11 is 0. The number of hydrogen-bond donors (Lipinski definition) is 2. The van der Waals surface area contributed by atoms with Crippen molar-refractivity contribution in [2.45, 2.75) is 64.4 Å². The first-order valence-corrected chi connectivity index (χ1v) is 9.23. The highest BCUT2D eigenvalue weighted by atomic mass is 16.3. The van der Waals surface area contributed by atoms with Gasteiger partial charge in [-0.05, 0) is 74.5 Å². The fourth-order valence-corrected chi connectivity index (χ4v) is 6.43. The highest BCUT2D eigenvalue weighted by molar-refractivity contribution is 5.31. The third-order valence-electron chi connectivity index (χ3n) is 7.72. The molecule has 0 saturated heterocycles. The largest absolute Gasteiger partial charge is 0.396 e. The maximum atomic E-state index is 10.1. The molecule has 6 atom stereocenters. The Kier molecular flexibility index (Phi) is 3.54. The van der Waals surface area contributed by atoms with Crippen LogP contribution in [0.1, 0.15) is 58.3 Å². The molecule has 2 fully saturated rings. The average Bonchev–Trinajstić information content (AvgIpc) is 2.82. The predicted molar refractivity (Wildman–Crippen MR) is 88.3 cm³/mol. The Bertz CT molecular complexity index is 520. The first-order chi connectivity index (χ1) is 10.5. The van der Waals surface area contributed by atoms with E-state index in [9.17, 15) is 10.2 Å². The molecule has 0 aromatic heterocycles. The van der Waals surface area contributed by atoms with Gasteiger partial charge in [0, 0.05) is 12.5 Å². The molecule has 2 heteroatoms. The van der Waals surface area contributed by atoms with Crippen LogP contribution in [-0.4, -0.2) is 22.9 Å². The quantitative estimate of drug-likeness (QED) is 0.723. The first kappa shape index (κ1) is 15.0. The summed E-state index contributed by atoms with van der Waals surface area (Å²) in [5, 5.41) is 20.0. The average molecular weight is 302 g/mol. The highest BCUT2D eigenvalue weighted by Crippen LogP contribution is 2.63. The molecule has 0 aromatic carbocycles. The second-order valence-electron chi connectivity index (χ2n) is 8.54. The van der Waals surface area contributed by atoms with Gasteiger partial charge in [0.2, 0.25) is 0 Å². The van der Waals surface area contributed by atoms with Crippen molar-refractivity contribution in [3.05, 3.63) is 23.3 Å². The van der Waals surface area contributed by atoms with E-state index in [2.05, 4.69) is 13.5 Å². The Balaban J connectivity index is 1.70. The van der Waals surface area contributed by atoms with Crippen LogP contribution in [0, 0.1) is 29.1 Å². The van der Waals surface area contributed by atoms with E-state index in [1.165, 1.54) is 36.8 Å². The number of fused-ring (bicyclic) bond motifs is 4. The number of rotatable bonds is 1. The molecule has 2 nitrogen and oxygen atoms in total. The minimum absolute atomic E-state index is 0.176. The van der Waals surface area contributed by atoms with Gasteiger partial charge in [0.05, 0.1) is 6.10 Å². The summed E-state index contributed by atoms with van der Waals surface area (Å²) in [6, 6.07) is 0. The Morgan fingerprint density at radius 2 is 2.00 bits per heavy atom. The topological polar surface area (TPSA) is 40.5 Å². The molecule has 0 aromatic rings. The summed E-state index contributed by atoms with van der Waals surface area (Å²) < 4.78 is 0. The molecule has 0 radical (unpaired) electrons. The van der Waals surface area contributed by atoms with Crippen LogP contribution in [0.4, 0.5) is 0 Å². The third-order valence-corrected chi connectivity index (χ3v) is 7.72. The summed E-state index contributed by atoms with van der Waals surface area (Å²) in [5.41, 5.74) is 4.91. The van der Waals surface area contributed by atoms with Crippen LogP contribution in [0.5, 0.6) is 0 Å². The van der Waals surface area contributed by atoms with Gasteiger partial charge in [0.1, 0.15) is 0 Å². The molecule has 22 heavy (non-hydrogen) atoms. The minimum atomic E-state index is -0.176. The van der Waals surface area contributed by atoms with Crippen molar-refractivity contribution in [2.24, 2.45) is 29.1 Å². The fraction of sp³-hybridized carbons (Fsp3) is 0.800. The second-order valence-corrected chi connectivity index (χ2v) is 8.54. The number of allylic oxidation sites excluding steroid dienone is 2. The lowest BCUT2D eigenvalue weighted by molar-refractivity contribution is 0.0330. The molecule has 4 rings (SSSR count). The summed E-state index contributed by atoms with van der Waals surface area (Å²) in [6.45, 7) is 7.10. The Hall–Kier alpha value is -0.600. The molecule has 0 aliphatic heterocycles. The van der Waals surface area contributed by atoms with Gasteiger partial charge in [-0.15, -0.1) is 0 Å². The highest BCUT2D eigenvalue weighted by Gasteiger charge is 2.53. The van der Waals surface area contributed by atoms with Gasteiger partial charge in [-0.25, -0.2) is 0 Å². The fourth-order valence-electron chi connectivity index (χ4n) is 6.43. The first-order valence-electron chi connectivity index (χ1n) is 9.23. The van der Waals surface area contributed by atoms with E-state index < -0.39 is 0 Å². The van der Waals surface area contributed by atoms with Crippen molar-refractivity contribution in [1.82, 2.24) is 0 Å². The van der Waals surface area contributed by atoms with E-state index in [1.807, 2.05) is 0 Å². The van der Waals surface area contributed by atoms with E-state index in [4.69, 9.17) is 0 Å². The molecule has 4 aliphatic carbocycles. The molecule has 0 heterocycles. The van der Waals surface area contributed by atoms with Gasteiger partial charge in [0.25, 0.3) is 0 Å². The third kappa shape index (κ3) is 1.99. The van der Waals surface area contributed by atoms with E-state index >= 15 is 0 Å². The smallest absolute Gasteiger partial charge is 0.0580 e. The molecular formula is C20H30O2. The molecule has 2 saturated carbocycles. The summed E-state index contributed by atoms with van der Waals surface area (Å²) in [6.07, 6.45) is 8.87. The molecule has 1 unspecified atom stereocenters. The number of hydrogen-bond acceptors (Lipinski definition) is 2. The number of aliphatic hydroxyl groups excluding tert-OH is 2. The zero-order chi connectivity index (χ0) is 15.5. The van der Waals surface area contributed by atoms with Crippen molar-refractivity contribution >= 4 is 0 Å². The van der Waals surface area contributed by atoms with E-state index in [-0.39, 0.29) is 12.7 Å².